The summed E-state index contributed by atoms with van der Waals surface area (Å²) in [4.78, 5) is 38.1. The van der Waals surface area contributed by atoms with Crippen LogP contribution in [0, 0.1) is 5.92 Å². The van der Waals surface area contributed by atoms with Crippen molar-refractivity contribution in [3.05, 3.63) is 33.8 Å². The number of urea groups is 1. The van der Waals surface area contributed by atoms with Gasteiger partial charge in [-0.3, -0.25) is 14.5 Å². The highest BCUT2D eigenvalue weighted by Gasteiger charge is 2.50. The fourth-order valence-corrected chi connectivity index (χ4v) is 3.13. The molecule has 25 heavy (non-hydrogen) atoms. The van der Waals surface area contributed by atoms with Crippen LogP contribution in [0.4, 0.5) is 4.79 Å². The molecule has 4 amide bonds. The molecule has 0 saturated carbocycles. The van der Waals surface area contributed by atoms with Crippen molar-refractivity contribution in [3.63, 3.8) is 0 Å². The van der Waals surface area contributed by atoms with Gasteiger partial charge in [0.15, 0.2) is 0 Å². The van der Waals surface area contributed by atoms with E-state index in [0.29, 0.717) is 10.6 Å². The zero-order chi connectivity index (χ0) is 18.9. The molecule has 1 heterocycles. The Morgan fingerprint density at radius 2 is 1.92 bits per heavy atom. The van der Waals surface area contributed by atoms with Crippen molar-refractivity contribution in [3.8, 4) is 0 Å². The third-order valence-corrected chi connectivity index (χ3v) is 4.98. The van der Waals surface area contributed by atoms with Crippen molar-refractivity contribution in [2.45, 2.75) is 39.3 Å². The van der Waals surface area contributed by atoms with E-state index in [4.69, 9.17) is 23.2 Å². The normalized spacial score (nSPS) is 21.5. The lowest BCUT2D eigenvalue weighted by Gasteiger charge is -2.24. The minimum absolute atomic E-state index is 0.0645. The van der Waals surface area contributed by atoms with E-state index in [2.05, 4.69) is 10.6 Å². The van der Waals surface area contributed by atoms with Gasteiger partial charge in [-0.15, -0.1) is 0 Å². The fraction of sp³-hybridized carbons (Fsp3) is 0.471. The SMILES string of the molecule is CC(C)[C@H](C)NC(=O)CN1C(=O)N[C@@](C)(c2ccc(Cl)cc2Cl)C1=O. The molecule has 1 aliphatic heterocycles. The summed E-state index contributed by atoms with van der Waals surface area (Å²) in [5.41, 5.74) is -0.918. The van der Waals surface area contributed by atoms with Crippen LogP contribution < -0.4 is 10.6 Å². The van der Waals surface area contributed by atoms with Crippen molar-refractivity contribution < 1.29 is 14.4 Å². The van der Waals surface area contributed by atoms with Crippen molar-refractivity contribution in [2.24, 2.45) is 5.92 Å². The Morgan fingerprint density at radius 3 is 2.48 bits per heavy atom. The van der Waals surface area contributed by atoms with Crippen LogP contribution in [-0.4, -0.2) is 35.3 Å². The van der Waals surface area contributed by atoms with E-state index in [1.807, 2.05) is 20.8 Å². The van der Waals surface area contributed by atoms with Crippen LogP contribution in [0.5, 0.6) is 0 Å². The van der Waals surface area contributed by atoms with E-state index in [9.17, 15) is 14.4 Å². The van der Waals surface area contributed by atoms with Crippen molar-refractivity contribution >= 4 is 41.0 Å². The highest BCUT2D eigenvalue weighted by Crippen LogP contribution is 2.34. The molecule has 6 nitrogen and oxygen atoms in total. The van der Waals surface area contributed by atoms with Gasteiger partial charge in [-0.1, -0.05) is 43.1 Å². The van der Waals surface area contributed by atoms with Crippen LogP contribution >= 0.6 is 23.2 Å². The average Bonchev–Trinajstić information content (AvgIpc) is 2.71. The second-order valence-corrected chi connectivity index (χ2v) is 7.51. The molecule has 1 aliphatic rings. The minimum atomic E-state index is -1.34. The maximum absolute atomic E-state index is 12.8. The summed E-state index contributed by atoms with van der Waals surface area (Å²) in [5.74, 6) is -0.685. The van der Waals surface area contributed by atoms with Crippen LogP contribution in [0.25, 0.3) is 0 Å². The second kappa shape index (κ2) is 7.22. The highest BCUT2D eigenvalue weighted by atomic mass is 35.5. The van der Waals surface area contributed by atoms with Crippen LogP contribution in [0.3, 0.4) is 0 Å². The predicted octanol–water partition coefficient (Wildman–Crippen LogP) is 2.92. The molecule has 0 spiro atoms. The topological polar surface area (TPSA) is 78.5 Å². The second-order valence-electron chi connectivity index (χ2n) is 6.67. The van der Waals surface area contributed by atoms with Crippen LogP contribution in [-0.2, 0) is 15.1 Å². The Balaban J connectivity index is 2.20. The standard InChI is InChI=1S/C17H21Cl2N3O3/c1-9(2)10(3)20-14(23)8-22-15(24)17(4,21-16(22)25)12-6-5-11(18)7-13(12)19/h5-7,9-10H,8H2,1-4H3,(H,20,23)(H,21,25)/t10-,17-/m0/s1. The zero-order valence-corrected chi connectivity index (χ0v) is 16.0. The smallest absolute Gasteiger partial charge is 0.325 e. The molecule has 0 bridgehead atoms. The van der Waals surface area contributed by atoms with Gasteiger partial charge in [0, 0.05) is 21.7 Å². The van der Waals surface area contributed by atoms with Gasteiger partial charge in [-0.2, -0.15) is 0 Å². The van der Waals surface area contributed by atoms with Crippen molar-refractivity contribution in [2.75, 3.05) is 6.54 Å². The first kappa shape index (κ1) is 19.5. The molecule has 2 N–H and O–H groups in total. The Bertz CT molecular complexity index is 723. The van der Waals surface area contributed by atoms with Crippen LogP contribution in [0.15, 0.2) is 18.2 Å². The molecule has 1 aromatic carbocycles. The zero-order valence-electron chi connectivity index (χ0n) is 14.5. The number of carbonyl (C=O) groups is 3. The maximum atomic E-state index is 12.8. The van der Waals surface area contributed by atoms with Crippen LogP contribution in [0.1, 0.15) is 33.3 Å². The molecule has 0 unspecified atom stereocenters. The first-order chi connectivity index (χ1) is 11.6. The molecule has 136 valence electrons. The fourth-order valence-electron chi connectivity index (χ4n) is 2.53. The molecule has 0 aromatic heterocycles. The Labute approximate surface area is 156 Å². The summed E-state index contributed by atoms with van der Waals surface area (Å²) in [7, 11) is 0. The van der Waals surface area contributed by atoms with Crippen molar-refractivity contribution in [1.29, 1.82) is 0 Å². The minimum Gasteiger partial charge on any atom is -0.352 e. The summed E-state index contributed by atoms with van der Waals surface area (Å²) in [6, 6.07) is 3.99. The first-order valence-corrected chi connectivity index (χ1v) is 8.71. The molecule has 1 fully saturated rings. The molecule has 0 aliphatic carbocycles. The number of nitrogens with one attached hydrogen (secondary N) is 2. The summed E-state index contributed by atoms with van der Waals surface area (Å²) in [5, 5.41) is 6.09. The summed E-state index contributed by atoms with van der Waals surface area (Å²) < 4.78 is 0. The Hall–Kier alpha value is -1.79. The average molecular weight is 386 g/mol. The van der Waals surface area contributed by atoms with Gasteiger partial charge >= 0.3 is 6.03 Å². The number of carbonyl (C=O) groups excluding carboxylic acids is 3. The van der Waals surface area contributed by atoms with Gasteiger partial charge in [0.05, 0.1) is 0 Å². The number of rotatable bonds is 5. The number of hydrogen-bond acceptors (Lipinski definition) is 3. The lowest BCUT2D eigenvalue weighted by atomic mass is 9.92. The van der Waals surface area contributed by atoms with E-state index in [1.54, 1.807) is 19.1 Å². The number of amides is 4. The Kier molecular flexibility index (Phi) is 5.64. The number of halogens is 2. The summed E-state index contributed by atoms with van der Waals surface area (Å²) in [6.07, 6.45) is 0. The van der Waals surface area contributed by atoms with E-state index >= 15 is 0 Å². The number of hydrogen-bond donors (Lipinski definition) is 2. The van der Waals surface area contributed by atoms with Crippen LogP contribution in [0.2, 0.25) is 10.0 Å². The number of benzene rings is 1. The lowest BCUT2D eigenvalue weighted by Crippen LogP contribution is -2.46. The van der Waals surface area contributed by atoms with Gasteiger partial charge in [0.25, 0.3) is 5.91 Å². The predicted molar refractivity (Wildman–Crippen MR) is 96.5 cm³/mol. The number of imide groups is 1. The largest absolute Gasteiger partial charge is 0.352 e. The third kappa shape index (κ3) is 3.90. The van der Waals surface area contributed by atoms with E-state index < -0.39 is 23.4 Å². The molecular formula is C17H21Cl2N3O3. The first-order valence-electron chi connectivity index (χ1n) is 7.95. The highest BCUT2D eigenvalue weighted by molar-refractivity contribution is 6.35. The molecule has 8 heteroatoms. The number of nitrogens with zero attached hydrogens (tertiary/aromatic N) is 1. The van der Waals surface area contributed by atoms with Gasteiger partial charge in [0.1, 0.15) is 12.1 Å². The van der Waals surface area contributed by atoms with E-state index in [-0.39, 0.29) is 23.5 Å². The van der Waals surface area contributed by atoms with Gasteiger partial charge in [-0.25, -0.2) is 4.79 Å². The molecule has 2 rings (SSSR count). The quantitative estimate of drug-likeness (QED) is 0.764. The van der Waals surface area contributed by atoms with Crippen molar-refractivity contribution in [1.82, 2.24) is 15.5 Å². The molecule has 0 radical (unpaired) electrons. The van der Waals surface area contributed by atoms with Gasteiger partial charge in [-0.05, 0) is 31.9 Å². The lowest BCUT2D eigenvalue weighted by molar-refractivity contribution is -0.135. The third-order valence-electron chi connectivity index (χ3n) is 4.44. The monoisotopic (exact) mass is 385 g/mol. The maximum Gasteiger partial charge on any atom is 0.325 e. The molecular weight excluding hydrogens is 365 g/mol. The Morgan fingerprint density at radius 1 is 1.28 bits per heavy atom. The van der Waals surface area contributed by atoms with E-state index in [0.717, 1.165) is 4.90 Å². The molecule has 1 aromatic rings. The molecule has 1 saturated heterocycles. The van der Waals surface area contributed by atoms with Gasteiger partial charge in [0.2, 0.25) is 5.91 Å². The van der Waals surface area contributed by atoms with E-state index in [1.165, 1.54) is 6.07 Å². The molecule has 2 atom stereocenters. The van der Waals surface area contributed by atoms with Gasteiger partial charge < -0.3 is 10.6 Å². The summed E-state index contributed by atoms with van der Waals surface area (Å²) >= 11 is 12.1. The summed E-state index contributed by atoms with van der Waals surface area (Å²) in [6.45, 7) is 7.02.